The van der Waals surface area contributed by atoms with Crippen LogP contribution >= 0.6 is 11.6 Å². The summed E-state index contributed by atoms with van der Waals surface area (Å²) in [6.45, 7) is 1.99. The smallest absolute Gasteiger partial charge is 0.253 e. The first kappa shape index (κ1) is 13.4. The number of carbonyl (C=O) groups is 2. The molecule has 1 aliphatic carbocycles. The van der Waals surface area contributed by atoms with Gasteiger partial charge < -0.3 is 5.32 Å². The first-order chi connectivity index (χ1) is 9.52. The minimum absolute atomic E-state index is 0.0275. The summed E-state index contributed by atoms with van der Waals surface area (Å²) in [4.78, 5) is 26.3. The van der Waals surface area contributed by atoms with E-state index in [0.717, 1.165) is 31.2 Å². The molecule has 0 aromatic heterocycles. The number of halogens is 1. The lowest BCUT2D eigenvalue weighted by molar-refractivity contribution is -0.135. The summed E-state index contributed by atoms with van der Waals surface area (Å²) in [5.41, 5.74) is 0.954. The molecular weight excluding hydrogens is 276 g/mol. The second kappa shape index (κ2) is 4.77. The fourth-order valence-corrected chi connectivity index (χ4v) is 3.51. The average molecular weight is 293 g/mol. The SMILES string of the molecule is Cc1ccc(N2CC(=O)NC3(CCCC3)C2=O)c(Cl)c1. The van der Waals surface area contributed by atoms with Crippen molar-refractivity contribution in [1.29, 1.82) is 0 Å². The van der Waals surface area contributed by atoms with Gasteiger partial charge in [-0.25, -0.2) is 0 Å². The molecule has 1 aromatic carbocycles. The molecule has 0 bridgehead atoms. The van der Waals surface area contributed by atoms with Gasteiger partial charge in [-0.1, -0.05) is 30.5 Å². The second-order valence-electron chi connectivity index (χ2n) is 5.68. The summed E-state index contributed by atoms with van der Waals surface area (Å²) in [5.74, 6) is -0.136. The molecule has 3 rings (SSSR count). The first-order valence-electron chi connectivity index (χ1n) is 6.91. The van der Waals surface area contributed by atoms with Crippen LogP contribution in [0.1, 0.15) is 31.2 Å². The number of nitrogens with zero attached hydrogens (tertiary/aromatic N) is 1. The Morgan fingerprint density at radius 1 is 1.25 bits per heavy atom. The fraction of sp³-hybridized carbons (Fsp3) is 0.467. The fourth-order valence-electron chi connectivity index (χ4n) is 3.18. The van der Waals surface area contributed by atoms with E-state index in [1.54, 1.807) is 0 Å². The van der Waals surface area contributed by atoms with Crippen LogP contribution < -0.4 is 10.2 Å². The molecule has 2 amide bonds. The van der Waals surface area contributed by atoms with Crippen LogP contribution in [0, 0.1) is 6.92 Å². The average Bonchev–Trinajstić information content (AvgIpc) is 2.84. The summed E-state index contributed by atoms with van der Waals surface area (Å²) in [5, 5.41) is 3.41. The molecular formula is C15H17ClN2O2. The Morgan fingerprint density at radius 2 is 1.95 bits per heavy atom. The molecule has 0 radical (unpaired) electrons. The highest BCUT2D eigenvalue weighted by atomic mass is 35.5. The van der Waals surface area contributed by atoms with Crippen molar-refractivity contribution < 1.29 is 9.59 Å². The molecule has 2 aliphatic rings. The number of hydrogen-bond donors (Lipinski definition) is 1. The molecule has 2 fully saturated rings. The number of piperazine rings is 1. The van der Waals surface area contributed by atoms with E-state index in [1.807, 2.05) is 25.1 Å². The standard InChI is InChI=1S/C15H17ClN2O2/c1-10-4-5-12(11(16)8-10)18-9-13(19)17-15(14(18)20)6-2-3-7-15/h4-5,8H,2-3,6-7,9H2,1H3,(H,17,19). The quantitative estimate of drug-likeness (QED) is 0.864. The van der Waals surface area contributed by atoms with E-state index < -0.39 is 5.54 Å². The Bertz CT molecular complexity index is 579. The largest absolute Gasteiger partial charge is 0.340 e. The van der Waals surface area contributed by atoms with Crippen LogP contribution in [-0.2, 0) is 9.59 Å². The van der Waals surface area contributed by atoms with E-state index >= 15 is 0 Å². The monoisotopic (exact) mass is 292 g/mol. The van der Waals surface area contributed by atoms with Crippen molar-refractivity contribution >= 4 is 29.1 Å². The van der Waals surface area contributed by atoms with Crippen LogP contribution in [0.4, 0.5) is 5.69 Å². The second-order valence-corrected chi connectivity index (χ2v) is 6.09. The predicted octanol–water partition coefficient (Wildman–Crippen LogP) is 2.42. The molecule has 1 spiro atoms. The van der Waals surface area contributed by atoms with Gasteiger partial charge in [0.15, 0.2) is 0 Å². The molecule has 106 valence electrons. The molecule has 1 saturated carbocycles. The van der Waals surface area contributed by atoms with Crippen molar-refractivity contribution in [3.8, 4) is 0 Å². The van der Waals surface area contributed by atoms with Crippen LogP contribution in [0.3, 0.4) is 0 Å². The van der Waals surface area contributed by atoms with Crippen LogP contribution in [0.25, 0.3) is 0 Å². The molecule has 1 aromatic rings. The minimum Gasteiger partial charge on any atom is -0.340 e. The number of nitrogens with one attached hydrogen (secondary N) is 1. The lowest BCUT2D eigenvalue weighted by Gasteiger charge is -2.40. The number of benzene rings is 1. The van der Waals surface area contributed by atoms with Crippen molar-refractivity contribution in [3.63, 3.8) is 0 Å². The van der Waals surface area contributed by atoms with Gasteiger partial charge in [-0.05, 0) is 37.5 Å². The Labute approximate surface area is 123 Å². The summed E-state index contributed by atoms with van der Waals surface area (Å²) < 4.78 is 0. The molecule has 4 nitrogen and oxygen atoms in total. The van der Waals surface area contributed by atoms with Crippen LogP contribution in [0.2, 0.25) is 5.02 Å². The van der Waals surface area contributed by atoms with Gasteiger partial charge in [-0.15, -0.1) is 0 Å². The van der Waals surface area contributed by atoms with Crippen molar-refractivity contribution in [3.05, 3.63) is 28.8 Å². The maximum atomic E-state index is 12.8. The Kier molecular flexibility index (Phi) is 3.21. The summed E-state index contributed by atoms with van der Waals surface area (Å²) in [7, 11) is 0. The number of carbonyl (C=O) groups excluding carboxylic acids is 2. The number of anilines is 1. The summed E-state index contributed by atoms with van der Waals surface area (Å²) in [6.07, 6.45) is 3.39. The highest BCUT2D eigenvalue weighted by molar-refractivity contribution is 6.34. The number of aryl methyl sites for hydroxylation is 1. The van der Waals surface area contributed by atoms with E-state index in [9.17, 15) is 9.59 Å². The van der Waals surface area contributed by atoms with Gasteiger partial charge >= 0.3 is 0 Å². The van der Waals surface area contributed by atoms with E-state index in [1.165, 1.54) is 4.90 Å². The number of rotatable bonds is 1. The van der Waals surface area contributed by atoms with Crippen molar-refractivity contribution in [1.82, 2.24) is 5.32 Å². The molecule has 1 N–H and O–H groups in total. The highest BCUT2D eigenvalue weighted by Gasteiger charge is 2.48. The van der Waals surface area contributed by atoms with Gasteiger partial charge in [0, 0.05) is 0 Å². The van der Waals surface area contributed by atoms with Crippen molar-refractivity contribution in [2.45, 2.75) is 38.1 Å². The maximum absolute atomic E-state index is 12.8. The topological polar surface area (TPSA) is 49.4 Å². The molecule has 0 atom stereocenters. The lowest BCUT2D eigenvalue weighted by atomic mass is 9.92. The molecule has 20 heavy (non-hydrogen) atoms. The normalized spacial score (nSPS) is 21.4. The Hall–Kier alpha value is -1.55. The van der Waals surface area contributed by atoms with Crippen LogP contribution in [-0.4, -0.2) is 23.9 Å². The zero-order valence-corrected chi connectivity index (χ0v) is 12.2. The molecule has 1 saturated heterocycles. The molecule has 5 heteroatoms. The van der Waals surface area contributed by atoms with Gasteiger partial charge in [0.05, 0.1) is 10.7 Å². The summed E-state index contributed by atoms with van der Waals surface area (Å²) in [6, 6.07) is 5.54. The third kappa shape index (κ3) is 2.08. The van der Waals surface area contributed by atoms with E-state index in [-0.39, 0.29) is 18.4 Å². The molecule has 1 heterocycles. The third-order valence-corrected chi connectivity index (χ3v) is 4.49. The lowest BCUT2D eigenvalue weighted by Crippen LogP contribution is -2.65. The molecule has 0 unspecified atom stereocenters. The number of hydrogen-bond acceptors (Lipinski definition) is 2. The van der Waals surface area contributed by atoms with Gasteiger partial charge in [0.2, 0.25) is 5.91 Å². The summed E-state index contributed by atoms with van der Waals surface area (Å²) >= 11 is 6.25. The third-order valence-electron chi connectivity index (χ3n) is 4.19. The van der Waals surface area contributed by atoms with Gasteiger partial charge in [-0.3, -0.25) is 14.5 Å². The zero-order chi connectivity index (χ0) is 14.3. The van der Waals surface area contributed by atoms with E-state index in [2.05, 4.69) is 5.32 Å². The Morgan fingerprint density at radius 3 is 2.60 bits per heavy atom. The van der Waals surface area contributed by atoms with Crippen LogP contribution in [0.15, 0.2) is 18.2 Å². The van der Waals surface area contributed by atoms with Crippen molar-refractivity contribution in [2.75, 3.05) is 11.4 Å². The van der Waals surface area contributed by atoms with Crippen molar-refractivity contribution in [2.24, 2.45) is 0 Å². The van der Waals surface area contributed by atoms with Gasteiger partial charge in [0.1, 0.15) is 12.1 Å². The van der Waals surface area contributed by atoms with Crippen LogP contribution in [0.5, 0.6) is 0 Å². The van der Waals surface area contributed by atoms with E-state index in [0.29, 0.717) is 10.7 Å². The Balaban J connectivity index is 1.99. The predicted molar refractivity (Wildman–Crippen MR) is 77.9 cm³/mol. The minimum atomic E-state index is -0.705. The van der Waals surface area contributed by atoms with E-state index in [4.69, 9.17) is 11.6 Å². The highest BCUT2D eigenvalue weighted by Crippen LogP contribution is 2.37. The zero-order valence-electron chi connectivity index (χ0n) is 11.4. The maximum Gasteiger partial charge on any atom is 0.253 e. The van der Waals surface area contributed by atoms with Gasteiger partial charge in [-0.2, -0.15) is 0 Å². The van der Waals surface area contributed by atoms with Gasteiger partial charge in [0.25, 0.3) is 5.91 Å². The number of amides is 2. The first-order valence-corrected chi connectivity index (χ1v) is 7.29. The molecule has 1 aliphatic heterocycles.